The zero-order valence-corrected chi connectivity index (χ0v) is 16.7. The molecule has 0 aliphatic carbocycles. The van der Waals surface area contributed by atoms with Crippen LogP contribution in [0.3, 0.4) is 0 Å². The summed E-state index contributed by atoms with van der Waals surface area (Å²) < 4.78 is 22.5. The maximum absolute atomic E-state index is 11.2. The maximum atomic E-state index is 11.2. The number of nitrogens with two attached hydrogens (primary N) is 1. The summed E-state index contributed by atoms with van der Waals surface area (Å²) in [5, 5.41) is 12.7. The molecule has 0 aliphatic rings. The molecule has 1 aromatic carbocycles. The van der Waals surface area contributed by atoms with Crippen molar-refractivity contribution in [3.05, 3.63) is 45.9 Å². The molecule has 0 unspecified atom stereocenters. The molecule has 26 heavy (non-hydrogen) atoms. The lowest BCUT2D eigenvalue weighted by molar-refractivity contribution is 0.598. The molecule has 142 valence electrons. The molecular formula is C17H25N5O2S2. The number of rotatable bonds is 8. The minimum Gasteiger partial charge on any atom is -0.356 e. The quantitative estimate of drug-likeness (QED) is 0.461. The van der Waals surface area contributed by atoms with Crippen LogP contribution < -0.4 is 15.8 Å². The molecule has 9 heteroatoms. The smallest absolute Gasteiger partial charge is 0.238 e. The average Bonchev–Trinajstić information content (AvgIpc) is 3.08. The van der Waals surface area contributed by atoms with Gasteiger partial charge in [-0.25, -0.2) is 18.5 Å². The second-order valence-corrected chi connectivity index (χ2v) is 8.45. The van der Waals surface area contributed by atoms with Crippen LogP contribution in [0.15, 0.2) is 40.4 Å². The highest BCUT2D eigenvalue weighted by Crippen LogP contribution is 2.13. The van der Waals surface area contributed by atoms with Crippen molar-refractivity contribution in [2.24, 2.45) is 10.1 Å². The van der Waals surface area contributed by atoms with E-state index in [9.17, 15) is 8.42 Å². The summed E-state index contributed by atoms with van der Waals surface area (Å²) in [6, 6.07) is 6.59. The first-order valence-electron chi connectivity index (χ1n) is 8.42. The van der Waals surface area contributed by atoms with Gasteiger partial charge in [0.2, 0.25) is 10.0 Å². The first-order chi connectivity index (χ1) is 12.4. The second-order valence-electron chi connectivity index (χ2n) is 5.69. The zero-order valence-electron chi connectivity index (χ0n) is 15.0. The number of sulfonamides is 1. The van der Waals surface area contributed by atoms with Crippen LogP contribution in [-0.4, -0.2) is 39.5 Å². The van der Waals surface area contributed by atoms with Gasteiger partial charge in [0.15, 0.2) is 5.96 Å². The number of primary sulfonamides is 1. The third kappa shape index (κ3) is 6.40. The molecule has 1 heterocycles. The lowest BCUT2D eigenvalue weighted by Gasteiger charge is -2.11. The molecule has 0 spiro atoms. The Bertz CT molecular complexity index is 829. The van der Waals surface area contributed by atoms with E-state index in [2.05, 4.69) is 27.5 Å². The fourth-order valence-corrected chi connectivity index (χ4v) is 3.68. The van der Waals surface area contributed by atoms with Crippen LogP contribution in [0.25, 0.3) is 0 Å². The van der Waals surface area contributed by atoms with Crippen LogP contribution in [0.4, 0.5) is 0 Å². The van der Waals surface area contributed by atoms with E-state index in [1.165, 1.54) is 17.0 Å². The van der Waals surface area contributed by atoms with Crippen molar-refractivity contribution in [3.63, 3.8) is 0 Å². The molecule has 0 saturated carbocycles. The Morgan fingerprint density at radius 3 is 2.38 bits per heavy atom. The predicted octanol–water partition coefficient (Wildman–Crippen LogP) is 1.30. The summed E-state index contributed by atoms with van der Waals surface area (Å²) >= 11 is 1.75. The Hall–Kier alpha value is -1.97. The number of nitrogens with one attached hydrogen (secondary N) is 2. The summed E-state index contributed by atoms with van der Waals surface area (Å²) in [6.07, 6.45) is 4.57. The van der Waals surface area contributed by atoms with Crippen molar-refractivity contribution >= 4 is 27.3 Å². The number of benzene rings is 1. The Kier molecular flexibility index (Phi) is 7.55. The summed E-state index contributed by atoms with van der Waals surface area (Å²) in [5.41, 5.74) is 1.02. The minimum atomic E-state index is -3.64. The van der Waals surface area contributed by atoms with E-state index in [-0.39, 0.29) is 4.90 Å². The maximum Gasteiger partial charge on any atom is 0.238 e. The van der Waals surface area contributed by atoms with Gasteiger partial charge in [-0.2, -0.15) is 0 Å². The van der Waals surface area contributed by atoms with Crippen molar-refractivity contribution < 1.29 is 8.42 Å². The summed E-state index contributed by atoms with van der Waals surface area (Å²) in [4.78, 5) is 10.0. The SMILES string of the molecule is CCc1cnc(CCNC(=NC)NCCc2ccc(S(N)(=O)=O)cc2)s1. The predicted molar refractivity (Wildman–Crippen MR) is 106 cm³/mol. The number of aliphatic imine (C=N–C) groups is 1. The molecule has 0 bridgehead atoms. The lowest BCUT2D eigenvalue weighted by atomic mass is 10.1. The first-order valence-corrected chi connectivity index (χ1v) is 10.8. The van der Waals surface area contributed by atoms with E-state index >= 15 is 0 Å². The van der Waals surface area contributed by atoms with Crippen molar-refractivity contribution in [1.29, 1.82) is 0 Å². The second kappa shape index (κ2) is 9.65. The van der Waals surface area contributed by atoms with E-state index in [1.807, 2.05) is 6.20 Å². The van der Waals surface area contributed by atoms with Gasteiger partial charge in [0.05, 0.1) is 9.90 Å². The Morgan fingerprint density at radius 2 is 1.85 bits per heavy atom. The van der Waals surface area contributed by atoms with Gasteiger partial charge in [-0.05, 0) is 30.5 Å². The van der Waals surface area contributed by atoms with Crippen LogP contribution in [0.5, 0.6) is 0 Å². The first kappa shape index (κ1) is 20.3. The van der Waals surface area contributed by atoms with Crippen LogP contribution >= 0.6 is 11.3 Å². The van der Waals surface area contributed by atoms with Gasteiger partial charge < -0.3 is 10.6 Å². The van der Waals surface area contributed by atoms with Crippen molar-refractivity contribution in [3.8, 4) is 0 Å². The molecular weight excluding hydrogens is 370 g/mol. The van der Waals surface area contributed by atoms with E-state index in [0.29, 0.717) is 6.54 Å². The Balaban J connectivity index is 1.73. The third-order valence-electron chi connectivity index (χ3n) is 3.76. The number of hydrogen-bond donors (Lipinski definition) is 3. The largest absolute Gasteiger partial charge is 0.356 e. The van der Waals surface area contributed by atoms with Gasteiger partial charge in [0.1, 0.15) is 0 Å². The molecule has 7 nitrogen and oxygen atoms in total. The van der Waals surface area contributed by atoms with Crippen molar-refractivity contribution in [2.75, 3.05) is 20.1 Å². The summed E-state index contributed by atoms with van der Waals surface area (Å²) in [6.45, 7) is 3.58. The molecule has 0 radical (unpaired) electrons. The molecule has 4 N–H and O–H groups in total. The monoisotopic (exact) mass is 395 g/mol. The average molecular weight is 396 g/mol. The number of aryl methyl sites for hydroxylation is 1. The van der Waals surface area contributed by atoms with Crippen LogP contribution in [0, 0.1) is 0 Å². The molecule has 2 rings (SSSR count). The van der Waals surface area contributed by atoms with Crippen LogP contribution in [0.2, 0.25) is 0 Å². The lowest BCUT2D eigenvalue weighted by Crippen LogP contribution is -2.39. The minimum absolute atomic E-state index is 0.125. The summed E-state index contributed by atoms with van der Waals surface area (Å²) in [5.74, 6) is 0.735. The van der Waals surface area contributed by atoms with E-state index in [4.69, 9.17) is 5.14 Å². The number of nitrogens with zero attached hydrogens (tertiary/aromatic N) is 2. The zero-order chi connectivity index (χ0) is 19.0. The van der Waals surface area contributed by atoms with Gasteiger partial charge in [0.25, 0.3) is 0 Å². The van der Waals surface area contributed by atoms with Gasteiger partial charge in [-0.1, -0.05) is 19.1 Å². The highest BCUT2D eigenvalue weighted by atomic mass is 32.2. The molecule has 1 aromatic heterocycles. The van der Waals surface area contributed by atoms with Crippen molar-refractivity contribution in [2.45, 2.75) is 31.1 Å². The molecule has 0 aliphatic heterocycles. The van der Waals surface area contributed by atoms with E-state index in [0.717, 1.165) is 42.3 Å². The molecule has 0 fully saturated rings. The highest BCUT2D eigenvalue weighted by Gasteiger charge is 2.07. The number of hydrogen-bond acceptors (Lipinski definition) is 5. The standard InChI is InChI=1S/C17H25N5O2S2/c1-3-14-12-22-16(25-14)9-11-21-17(19-2)20-10-8-13-4-6-15(7-5-13)26(18,23)24/h4-7,12H,3,8-11H2,1-2H3,(H2,18,23,24)(H2,19,20,21). The third-order valence-corrected chi connectivity index (χ3v) is 5.89. The van der Waals surface area contributed by atoms with Crippen LogP contribution in [0.1, 0.15) is 22.4 Å². The van der Waals surface area contributed by atoms with E-state index in [1.54, 1.807) is 30.5 Å². The molecule has 0 amide bonds. The number of aromatic nitrogens is 1. The molecule has 0 saturated heterocycles. The fraction of sp³-hybridized carbons (Fsp3) is 0.412. The van der Waals surface area contributed by atoms with E-state index < -0.39 is 10.0 Å². The van der Waals surface area contributed by atoms with Gasteiger partial charge >= 0.3 is 0 Å². The van der Waals surface area contributed by atoms with Gasteiger partial charge in [-0.15, -0.1) is 11.3 Å². The molecule has 0 atom stereocenters. The Labute approximate surface area is 158 Å². The number of guanidine groups is 1. The Morgan fingerprint density at radius 1 is 1.19 bits per heavy atom. The highest BCUT2D eigenvalue weighted by molar-refractivity contribution is 7.89. The van der Waals surface area contributed by atoms with Gasteiger partial charge in [-0.3, -0.25) is 4.99 Å². The van der Waals surface area contributed by atoms with Gasteiger partial charge in [0, 0.05) is 37.6 Å². The summed E-state index contributed by atoms with van der Waals surface area (Å²) in [7, 11) is -1.91. The molecule has 2 aromatic rings. The number of thiazole rings is 1. The topological polar surface area (TPSA) is 109 Å². The van der Waals surface area contributed by atoms with Crippen molar-refractivity contribution in [1.82, 2.24) is 15.6 Å². The fourth-order valence-electron chi connectivity index (χ4n) is 2.31. The normalized spacial score (nSPS) is 12.2. The van der Waals surface area contributed by atoms with Crippen LogP contribution in [-0.2, 0) is 29.3 Å².